The zero-order chi connectivity index (χ0) is 14.9. The lowest BCUT2D eigenvalue weighted by Gasteiger charge is -2.13. The molecule has 0 fully saturated rings. The molecule has 0 N–H and O–H groups in total. The summed E-state index contributed by atoms with van der Waals surface area (Å²) in [5, 5.41) is 0. The van der Waals surface area contributed by atoms with Gasteiger partial charge in [0, 0.05) is 6.42 Å². The van der Waals surface area contributed by atoms with Crippen LogP contribution in [0.5, 0.6) is 0 Å². The molecule has 0 heterocycles. The SMILES string of the molecule is C=CC[C@H](CC(=O)/C=C/c1ccccc1)c1ccccc1. The van der Waals surface area contributed by atoms with E-state index in [0.29, 0.717) is 6.42 Å². The van der Waals surface area contributed by atoms with Crippen LogP contribution >= 0.6 is 0 Å². The molecule has 0 aliphatic heterocycles. The maximum atomic E-state index is 12.2. The Balaban J connectivity index is 2.02. The number of ketones is 1. The van der Waals surface area contributed by atoms with Crippen molar-refractivity contribution in [2.75, 3.05) is 0 Å². The minimum absolute atomic E-state index is 0.148. The molecule has 0 saturated heterocycles. The zero-order valence-corrected chi connectivity index (χ0v) is 12.1. The number of benzene rings is 2. The maximum Gasteiger partial charge on any atom is 0.156 e. The number of allylic oxidation sites excluding steroid dienone is 2. The molecular weight excluding hydrogens is 256 g/mol. The van der Waals surface area contributed by atoms with Gasteiger partial charge in [0.1, 0.15) is 0 Å². The van der Waals surface area contributed by atoms with Gasteiger partial charge in [-0.1, -0.05) is 72.8 Å². The number of rotatable bonds is 7. The highest BCUT2D eigenvalue weighted by atomic mass is 16.1. The van der Waals surface area contributed by atoms with E-state index in [0.717, 1.165) is 12.0 Å². The van der Waals surface area contributed by atoms with Gasteiger partial charge in [-0.05, 0) is 29.5 Å². The normalized spacial score (nSPS) is 12.2. The largest absolute Gasteiger partial charge is 0.295 e. The van der Waals surface area contributed by atoms with E-state index in [-0.39, 0.29) is 11.7 Å². The van der Waals surface area contributed by atoms with Crippen molar-refractivity contribution in [2.24, 2.45) is 0 Å². The van der Waals surface area contributed by atoms with E-state index in [9.17, 15) is 4.79 Å². The highest BCUT2D eigenvalue weighted by Gasteiger charge is 2.12. The quantitative estimate of drug-likeness (QED) is 0.512. The van der Waals surface area contributed by atoms with Crippen molar-refractivity contribution in [3.63, 3.8) is 0 Å². The Bertz CT molecular complexity index is 596. The summed E-state index contributed by atoms with van der Waals surface area (Å²) < 4.78 is 0. The first-order valence-electron chi connectivity index (χ1n) is 7.21. The summed E-state index contributed by atoms with van der Waals surface area (Å²) in [6.07, 6.45) is 6.76. The van der Waals surface area contributed by atoms with E-state index >= 15 is 0 Å². The molecule has 0 amide bonds. The molecule has 0 aliphatic rings. The van der Waals surface area contributed by atoms with Crippen LogP contribution in [0, 0.1) is 0 Å². The molecule has 0 saturated carbocycles. The first kappa shape index (κ1) is 15.0. The topological polar surface area (TPSA) is 17.1 Å². The predicted molar refractivity (Wildman–Crippen MR) is 89.1 cm³/mol. The molecule has 1 heteroatoms. The summed E-state index contributed by atoms with van der Waals surface area (Å²) in [6.45, 7) is 3.80. The number of hydrogen-bond donors (Lipinski definition) is 0. The Kier molecular flexibility index (Phi) is 5.71. The summed E-state index contributed by atoms with van der Waals surface area (Å²) in [4.78, 5) is 12.2. The van der Waals surface area contributed by atoms with Crippen LogP contribution in [0.3, 0.4) is 0 Å². The van der Waals surface area contributed by atoms with Gasteiger partial charge in [0.15, 0.2) is 5.78 Å². The van der Waals surface area contributed by atoms with Gasteiger partial charge in [0.25, 0.3) is 0 Å². The fourth-order valence-corrected chi connectivity index (χ4v) is 2.33. The van der Waals surface area contributed by atoms with E-state index in [4.69, 9.17) is 0 Å². The van der Waals surface area contributed by atoms with Crippen LogP contribution in [0.2, 0.25) is 0 Å². The first-order chi connectivity index (χ1) is 10.3. The molecule has 0 radical (unpaired) electrons. The van der Waals surface area contributed by atoms with Gasteiger partial charge in [-0.2, -0.15) is 0 Å². The Morgan fingerprint density at radius 1 is 1.00 bits per heavy atom. The molecular formula is C20H20O. The molecule has 0 aromatic heterocycles. The highest BCUT2D eigenvalue weighted by molar-refractivity contribution is 5.94. The molecule has 0 unspecified atom stereocenters. The van der Waals surface area contributed by atoms with Crippen LogP contribution in [0.1, 0.15) is 29.9 Å². The zero-order valence-electron chi connectivity index (χ0n) is 12.1. The van der Waals surface area contributed by atoms with Crippen molar-refractivity contribution < 1.29 is 4.79 Å². The van der Waals surface area contributed by atoms with Gasteiger partial charge in [-0.15, -0.1) is 6.58 Å². The second-order valence-electron chi connectivity index (χ2n) is 5.05. The van der Waals surface area contributed by atoms with Crippen LogP contribution in [-0.2, 0) is 4.79 Å². The van der Waals surface area contributed by atoms with Crippen LogP contribution in [0.4, 0.5) is 0 Å². The van der Waals surface area contributed by atoms with Crippen LogP contribution in [0.15, 0.2) is 79.4 Å². The Hall–Kier alpha value is -2.41. The van der Waals surface area contributed by atoms with Crippen molar-refractivity contribution in [3.05, 3.63) is 90.5 Å². The van der Waals surface area contributed by atoms with Gasteiger partial charge in [0.05, 0.1) is 0 Å². The van der Waals surface area contributed by atoms with Crippen LogP contribution in [-0.4, -0.2) is 5.78 Å². The van der Waals surface area contributed by atoms with E-state index in [1.165, 1.54) is 5.56 Å². The third kappa shape index (κ3) is 4.88. The maximum absolute atomic E-state index is 12.2. The molecule has 2 aromatic carbocycles. The summed E-state index contributed by atoms with van der Waals surface area (Å²) in [7, 11) is 0. The third-order valence-corrected chi connectivity index (χ3v) is 3.43. The lowest BCUT2D eigenvalue weighted by atomic mass is 9.90. The molecule has 0 spiro atoms. The van der Waals surface area contributed by atoms with E-state index in [1.807, 2.05) is 60.7 Å². The lowest BCUT2D eigenvalue weighted by molar-refractivity contribution is -0.114. The van der Waals surface area contributed by atoms with Gasteiger partial charge in [-0.25, -0.2) is 0 Å². The van der Waals surface area contributed by atoms with Crippen LogP contribution < -0.4 is 0 Å². The third-order valence-electron chi connectivity index (χ3n) is 3.43. The molecule has 1 atom stereocenters. The molecule has 21 heavy (non-hydrogen) atoms. The smallest absolute Gasteiger partial charge is 0.156 e. The molecule has 2 aromatic rings. The fourth-order valence-electron chi connectivity index (χ4n) is 2.33. The second kappa shape index (κ2) is 8.01. The van der Waals surface area contributed by atoms with Crippen molar-refractivity contribution in [1.29, 1.82) is 0 Å². The Morgan fingerprint density at radius 2 is 1.62 bits per heavy atom. The van der Waals surface area contributed by atoms with Crippen molar-refractivity contribution in [1.82, 2.24) is 0 Å². The molecule has 0 bridgehead atoms. The summed E-state index contributed by atoms with van der Waals surface area (Å²) >= 11 is 0. The van der Waals surface area contributed by atoms with E-state index in [1.54, 1.807) is 6.08 Å². The number of carbonyl (C=O) groups excluding carboxylic acids is 1. The fraction of sp³-hybridized carbons (Fsp3) is 0.150. The summed E-state index contributed by atoms with van der Waals surface area (Å²) in [5.74, 6) is 0.353. The molecule has 2 rings (SSSR count). The monoisotopic (exact) mass is 276 g/mol. The minimum Gasteiger partial charge on any atom is -0.295 e. The second-order valence-corrected chi connectivity index (χ2v) is 5.05. The average Bonchev–Trinajstić information content (AvgIpc) is 2.54. The minimum atomic E-state index is 0.148. The van der Waals surface area contributed by atoms with E-state index in [2.05, 4.69) is 18.7 Å². The Labute approximate surface area is 126 Å². The molecule has 1 nitrogen and oxygen atoms in total. The highest BCUT2D eigenvalue weighted by Crippen LogP contribution is 2.24. The summed E-state index contributed by atoms with van der Waals surface area (Å²) in [6, 6.07) is 20.0. The number of hydrogen-bond acceptors (Lipinski definition) is 1. The molecule has 106 valence electrons. The number of carbonyl (C=O) groups is 1. The Morgan fingerprint density at radius 3 is 2.24 bits per heavy atom. The first-order valence-corrected chi connectivity index (χ1v) is 7.21. The van der Waals surface area contributed by atoms with Crippen molar-refractivity contribution in [2.45, 2.75) is 18.8 Å². The van der Waals surface area contributed by atoms with Gasteiger partial charge in [0.2, 0.25) is 0 Å². The molecule has 0 aliphatic carbocycles. The average molecular weight is 276 g/mol. The standard InChI is InChI=1S/C20H20O/c1-2-9-19(18-12-7-4-8-13-18)16-20(21)15-14-17-10-5-3-6-11-17/h2-8,10-15,19H,1,9,16H2/b15-14+/t19-/m1/s1. The van der Waals surface area contributed by atoms with Gasteiger partial charge < -0.3 is 0 Å². The van der Waals surface area contributed by atoms with Gasteiger partial charge >= 0.3 is 0 Å². The van der Waals surface area contributed by atoms with Gasteiger partial charge in [-0.3, -0.25) is 4.79 Å². The summed E-state index contributed by atoms with van der Waals surface area (Å²) in [5.41, 5.74) is 2.24. The van der Waals surface area contributed by atoms with Crippen molar-refractivity contribution >= 4 is 11.9 Å². The van der Waals surface area contributed by atoms with Crippen molar-refractivity contribution in [3.8, 4) is 0 Å². The van der Waals surface area contributed by atoms with Crippen LogP contribution in [0.25, 0.3) is 6.08 Å². The van der Waals surface area contributed by atoms with E-state index < -0.39 is 0 Å². The predicted octanol–water partition coefficient (Wildman–Crippen LogP) is 5.02. The lowest BCUT2D eigenvalue weighted by Crippen LogP contribution is -2.04.